The zero-order valence-corrected chi connectivity index (χ0v) is 14.6. The van der Waals surface area contributed by atoms with Crippen molar-refractivity contribution in [3.8, 4) is 0 Å². The molecule has 0 aliphatic carbocycles. The Morgan fingerprint density at radius 3 is 2.39 bits per heavy atom. The van der Waals surface area contributed by atoms with Crippen molar-refractivity contribution in [1.29, 1.82) is 0 Å². The van der Waals surface area contributed by atoms with Crippen molar-refractivity contribution in [3.63, 3.8) is 0 Å². The number of benzene rings is 1. The lowest BCUT2D eigenvalue weighted by Crippen LogP contribution is -2.26. The topological polar surface area (TPSA) is 95.5 Å². The van der Waals surface area contributed by atoms with Crippen LogP contribution in [-0.4, -0.2) is 32.6 Å². The molecule has 0 aliphatic heterocycles. The Morgan fingerprint density at radius 1 is 1.09 bits per heavy atom. The second-order valence-corrected chi connectivity index (χ2v) is 7.14. The number of carboxylic acids is 1. The van der Waals surface area contributed by atoms with E-state index >= 15 is 0 Å². The van der Waals surface area contributed by atoms with Crippen LogP contribution in [0.5, 0.6) is 0 Å². The highest BCUT2D eigenvalue weighted by atomic mass is 32.2. The third-order valence-electron chi connectivity index (χ3n) is 3.44. The van der Waals surface area contributed by atoms with Crippen molar-refractivity contribution >= 4 is 21.7 Å². The van der Waals surface area contributed by atoms with Crippen LogP contribution in [0.3, 0.4) is 0 Å². The number of aromatic carboxylic acids is 1. The summed E-state index contributed by atoms with van der Waals surface area (Å²) in [5.41, 5.74) is 0.398. The molecule has 0 spiro atoms. The van der Waals surface area contributed by atoms with Crippen LogP contribution < -0.4 is 10.0 Å². The van der Waals surface area contributed by atoms with E-state index in [-0.39, 0.29) is 10.5 Å². The predicted octanol–water partition coefficient (Wildman–Crippen LogP) is 3.07. The van der Waals surface area contributed by atoms with E-state index in [0.717, 1.165) is 32.1 Å². The van der Waals surface area contributed by atoms with Gasteiger partial charge in [-0.15, -0.1) is 0 Å². The average Bonchev–Trinajstić information content (AvgIpc) is 2.51. The molecule has 0 saturated carbocycles. The monoisotopic (exact) mass is 342 g/mol. The van der Waals surface area contributed by atoms with E-state index in [1.54, 1.807) is 0 Å². The summed E-state index contributed by atoms with van der Waals surface area (Å²) < 4.78 is 27.4. The Morgan fingerprint density at radius 2 is 1.78 bits per heavy atom. The van der Waals surface area contributed by atoms with Gasteiger partial charge in [0.15, 0.2) is 0 Å². The first kappa shape index (κ1) is 19.4. The highest BCUT2D eigenvalue weighted by molar-refractivity contribution is 7.89. The van der Waals surface area contributed by atoms with Crippen molar-refractivity contribution in [2.45, 2.75) is 50.8 Å². The fourth-order valence-corrected chi connectivity index (χ4v) is 3.36. The minimum absolute atomic E-state index is 0.00926. The average molecular weight is 342 g/mol. The van der Waals surface area contributed by atoms with Gasteiger partial charge < -0.3 is 10.4 Å². The summed E-state index contributed by atoms with van der Waals surface area (Å²) in [7, 11) is -3.74. The van der Waals surface area contributed by atoms with Gasteiger partial charge in [0.05, 0.1) is 11.3 Å². The van der Waals surface area contributed by atoms with Crippen LogP contribution in [0.1, 0.15) is 56.3 Å². The number of hydrogen-bond donors (Lipinski definition) is 3. The zero-order chi connectivity index (χ0) is 17.3. The van der Waals surface area contributed by atoms with Gasteiger partial charge in [-0.3, -0.25) is 0 Å². The molecule has 1 aromatic carbocycles. The van der Waals surface area contributed by atoms with Crippen LogP contribution in [-0.2, 0) is 10.0 Å². The second-order valence-electron chi connectivity index (χ2n) is 5.40. The van der Waals surface area contributed by atoms with E-state index in [1.807, 2.05) is 6.92 Å². The third kappa shape index (κ3) is 6.19. The summed E-state index contributed by atoms with van der Waals surface area (Å²) in [5.74, 6) is -1.15. The largest absolute Gasteiger partial charge is 0.478 e. The third-order valence-corrected chi connectivity index (χ3v) is 4.94. The first-order valence-corrected chi connectivity index (χ1v) is 9.51. The Hall–Kier alpha value is -1.60. The Labute approximate surface area is 138 Å². The van der Waals surface area contributed by atoms with E-state index in [9.17, 15) is 13.2 Å². The van der Waals surface area contributed by atoms with Gasteiger partial charge in [0.25, 0.3) is 0 Å². The van der Waals surface area contributed by atoms with Crippen LogP contribution >= 0.6 is 0 Å². The van der Waals surface area contributed by atoms with E-state index in [2.05, 4.69) is 17.0 Å². The fraction of sp³-hybridized carbons (Fsp3) is 0.562. The van der Waals surface area contributed by atoms with Gasteiger partial charge in [-0.2, -0.15) is 0 Å². The number of unbranched alkanes of at least 4 members (excludes halogenated alkanes) is 3. The molecule has 0 unspecified atom stereocenters. The van der Waals surface area contributed by atoms with Crippen molar-refractivity contribution in [3.05, 3.63) is 23.8 Å². The SMILES string of the molecule is CCCCCNc1ccc(C(=O)O)cc1S(=O)(=O)NCCCC. The van der Waals surface area contributed by atoms with Crippen LogP contribution in [0.4, 0.5) is 5.69 Å². The van der Waals surface area contributed by atoms with Crippen LogP contribution in [0.2, 0.25) is 0 Å². The fourth-order valence-electron chi connectivity index (χ4n) is 2.08. The summed E-state index contributed by atoms with van der Waals surface area (Å²) >= 11 is 0. The summed E-state index contributed by atoms with van der Waals surface area (Å²) in [6, 6.07) is 4.14. The van der Waals surface area contributed by atoms with Crippen LogP contribution in [0.15, 0.2) is 23.1 Å². The maximum Gasteiger partial charge on any atom is 0.335 e. The summed E-state index contributed by atoms with van der Waals surface area (Å²) in [5, 5.41) is 12.2. The van der Waals surface area contributed by atoms with E-state index in [1.165, 1.54) is 18.2 Å². The van der Waals surface area contributed by atoms with Gasteiger partial charge >= 0.3 is 5.97 Å². The van der Waals surface area contributed by atoms with Gasteiger partial charge in [-0.05, 0) is 31.0 Å². The second kappa shape index (κ2) is 9.52. The van der Waals surface area contributed by atoms with Crippen molar-refractivity contribution in [1.82, 2.24) is 4.72 Å². The van der Waals surface area contributed by atoms with E-state index in [4.69, 9.17) is 5.11 Å². The molecule has 0 heterocycles. The van der Waals surface area contributed by atoms with Gasteiger partial charge in [0, 0.05) is 13.1 Å². The molecule has 1 aromatic rings. The standard InChI is InChI=1S/C16H26N2O4S/c1-3-5-7-10-17-14-9-8-13(16(19)20)12-15(14)23(21,22)18-11-6-4-2/h8-9,12,17-18H,3-7,10-11H2,1-2H3,(H,19,20). The van der Waals surface area contributed by atoms with Crippen molar-refractivity contribution in [2.75, 3.05) is 18.4 Å². The lowest BCUT2D eigenvalue weighted by Gasteiger charge is -2.14. The molecule has 0 radical (unpaired) electrons. The number of rotatable bonds is 11. The molecule has 1 rings (SSSR count). The number of nitrogens with one attached hydrogen (secondary N) is 2. The molecule has 0 saturated heterocycles. The van der Waals surface area contributed by atoms with Gasteiger partial charge in [-0.25, -0.2) is 17.9 Å². The molecule has 7 heteroatoms. The lowest BCUT2D eigenvalue weighted by atomic mass is 10.2. The molecule has 6 nitrogen and oxygen atoms in total. The summed E-state index contributed by atoms with van der Waals surface area (Å²) in [6.45, 7) is 5.05. The minimum atomic E-state index is -3.74. The normalized spacial score (nSPS) is 11.4. The van der Waals surface area contributed by atoms with Gasteiger partial charge in [-0.1, -0.05) is 33.1 Å². The molecule has 0 bridgehead atoms. The molecule has 0 aromatic heterocycles. The van der Waals surface area contributed by atoms with Gasteiger partial charge in [0.2, 0.25) is 10.0 Å². The molecule has 130 valence electrons. The molecule has 0 amide bonds. The van der Waals surface area contributed by atoms with Gasteiger partial charge in [0.1, 0.15) is 4.90 Å². The highest BCUT2D eigenvalue weighted by Crippen LogP contribution is 2.23. The number of hydrogen-bond acceptors (Lipinski definition) is 4. The first-order chi connectivity index (χ1) is 10.9. The molecule has 0 aliphatic rings. The Kier molecular flexibility index (Phi) is 8.05. The first-order valence-electron chi connectivity index (χ1n) is 8.03. The van der Waals surface area contributed by atoms with E-state index in [0.29, 0.717) is 18.8 Å². The predicted molar refractivity (Wildman–Crippen MR) is 91.5 cm³/mol. The molecular formula is C16H26N2O4S. The zero-order valence-electron chi connectivity index (χ0n) is 13.8. The summed E-state index contributed by atoms with van der Waals surface area (Å²) in [6.07, 6.45) is 4.66. The number of carboxylic acid groups (broad SMARTS) is 1. The Bertz CT molecular complexity index is 615. The summed E-state index contributed by atoms with van der Waals surface area (Å²) in [4.78, 5) is 11.1. The van der Waals surface area contributed by atoms with Crippen LogP contribution in [0, 0.1) is 0 Å². The lowest BCUT2D eigenvalue weighted by molar-refractivity contribution is 0.0696. The van der Waals surface area contributed by atoms with E-state index < -0.39 is 16.0 Å². The molecule has 3 N–H and O–H groups in total. The number of sulfonamides is 1. The van der Waals surface area contributed by atoms with Crippen LogP contribution in [0.25, 0.3) is 0 Å². The number of carbonyl (C=O) groups is 1. The highest BCUT2D eigenvalue weighted by Gasteiger charge is 2.20. The quantitative estimate of drug-likeness (QED) is 0.537. The Balaban J connectivity index is 3.02. The van der Waals surface area contributed by atoms with Crippen molar-refractivity contribution < 1.29 is 18.3 Å². The number of anilines is 1. The maximum atomic E-state index is 12.4. The molecule has 23 heavy (non-hydrogen) atoms. The smallest absolute Gasteiger partial charge is 0.335 e. The molecular weight excluding hydrogens is 316 g/mol. The molecule has 0 fully saturated rings. The van der Waals surface area contributed by atoms with Crippen molar-refractivity contribution in [2.24, 2.45) is 0 Å². The molecule has 0 atom stereocenters. The minimum Gasteiger partial charge on any atom is -0.478 e. The maximum absolute atomic E-state index is 12.4.